The van der Waals surface area contributed by atoms with Gasteiger partial charge in [0.1, 0.15) is 5.60 Å². The van der Waals surface area contributed by atoms with Gasteiger partial charge in [0.2, 0.25) is 0 Å². The van der Waals surface area contributed by atoms with E-state index >= 15 is 0 Å². The molecule has 1 fully saturated rings. The van der Waals surface area contributed by atoms with Gasteiger partial charge in [0.25, 0.3) is 0 Å². The van der Waals surface area contributed by atoms with Crippen LogP contribution in [0.3, 0.4) is 0 Å². The van der Waals surface area contributed by atoms with E-state index in [9.17, 15) is 9.59 Å². The fourth-order valence-electron chi connectivity index (χ4n) is 5.72. The van der Waals surface area contributed by atoms with E-state index in [0.29, 0.717) is 12.2 Å². The van der Waals surface area contributed by atoms with E-state index in [1.54, 1.807) is 13.1 Å². The molecule has 2 heterocycles. The highest BCUT2D eigenvalue weighted by atomic mass is 32.2. The molecule has 216 valence electrons. The molecule has 1 saturated heterocycles. The summed E-state index contributed by atoms with van der Waals surface area (Å²) < 4.78 is 6.72. The molecule has 0 N–H and O–H groups in total. The van der Waals surface area contributed by atoms with Crippen LogP contribution in [0.1, 0.15) is 56.5 Å². The Hall–Kier alpha value is -3.94. The predicted molar refractivity (Wildman–Crippen MR) is 169 cm³/mol. The van der Waals surface area contributed by atoms with Gasteiger partial charge in [-0.2, -0.15) is 9.78 Å². The van der Waals surface area contributed by atoms with E-state index in [1.807, 2.05) is 51.1 Å². The summed E-state index contributed by atoms with van der Waals surface area (Å²) in [5.41, 5.74) is 4.07. The number of aromatic nitrogens is 2. The van der Waals surface area contributed by atoms with Gasteiger partial charge in [0.15, 0.2) is 5.12 Å². The van der Waals surface area contributed by atoms with E-state index in [-0.39, 0.29) is 10.4 Å². The second-order valence-electron chi connectivity index (χ2n) is 11.5. The molecule has 5 rings (SSSR count). The van der Waals surface area contributed by atoms with Crippen LogP contribution in [-0.4, -0.2) is 49.8 Å². The van der Waals surface area contributed by atoms with Crippen LogP contribution in [0.5, 0.6) is 0 Å². The zero-order valence-electron chi connectivity index (χ0n) is 24.6. The molecule has 1 atom stereocenters. The first-order valence-electron chi connectivity index (χ1n) is 14.2. The number of hydrogen-bond acceptors (Lipinski definition) is 6. The second kappa shape index (κ2) is 12.5. The van der Waals surface area contributed by atoms with Gasteiger partial charge in [-0.1, -0.05) is 103 Å². The van der Waals surface area contributed by atoms with Crippen molar-refractivity contribution in [2.75, 3.05) is 13.1 Å². The lowest BCUT2D eigenvalue weighted by Gasteiger charge is -2.49. The maximum absolute atomic E-state index is 12.6. The summed E-state index contributed by atoms with van der Waals surface area (Å²) >= 11 is 1.36. The Morgan fingerprint density at radius 3 is 1.86 bits per heavy atom. The van der Waals surface area contributed by atoms with Crippen LogP contribution in [0.4, 0.5) is 4.79 Å². The SMILES string of the molecule is CC(=O)SC1CCN(C(c2ccccc2)(c2ccccc2)c2ccccc2)CC1=Cc1ccn(C(=O)OC(C)(C)C)n1. The Labute approximate surface area is 252 Å². The molecule has 7 heteroatoms. The summed E-state index contributed by atoms with van der Waals surface area (Å²) in [6.07, 6.45) is 3.91. The topological polar surface area (TPSA) is 64.4 Å². The Bertz CT molecular complexity index is 1450. The number of carbonyl (C=O) groups is 2. The van der Waals surface area contributed by atoms with Crippen molar-refractivity contribution in [3.8, 4) is 0 Å². The summed E-state index contributed by atoms with van der Waals surface area (Å²) in [6.45, 7) is 8.51. The summed E-state index contributed by atoms with van der Waals surface area (Å²) in [6, 6.07) is 33.7. The maximum atomic E-state index is 12.6. The molecule has 0 radical (unpaired) electrons. The van der Waals surface area contributed by atoms with Crippen LogP contribution in [0.2, 0.25) is 0 Å². The highest BCUT2D eigenvalue weighted by Crippen LogP contribution is 2.45. The van der Waals surface area contributed by atoms with Crippen LogP contribution in [0.15, 0.2) is 109 Å². The van der Waals surface area contributed by atoms with E-state index in [4.69, 9.17) is 4.74 Å². The third-order valence-electron chi connectivity index (χ3n) is 7.33. The summed E-state index contributed by atoms with van der Waals surface area (Å²) in [7, 11) is 0. The normalized spacial score (nSPS) is 17.2. The molecule has 0 saturated carbocycles. The van der Waals surface area contributed by atoms with Crippen LogP contribution in [0.25, 0.3) is 6.08 Å². The van der Waals surface area contributed by atoms with Gasteiger partial charge in [0.05, 0.1) is 11.2 Å². The first-order valence-corrected chi connectivity index (χ1v) is 15.1. The van der Waals surface area contributed by atoms with Gasteiger partial charge >= 0.3 is 6.09 Å². The van der Waals surface area contributed by atoms with Gasteiger partial charge < -0.3 is 4.74 Å². The average molecular weight is 580 g/mol. The van der Waals surface area contributed by atoms with Crippen molar-refractivity contribution in [1.82, 2.24) is 14.7 Å². The van der Waals surface area contributed by atoms with Crippen molar-refractivity contribution in [2.24, 2.45) is 0 Å². The molecule has 1 aromatic heterocycles. The highest BCUT2D eigenvalue weighted by molar-refractivity contribution is 8.14. The average Bonchev–Trinajstić information content (AvgIpc) is 3.44. The lowest BCUT2D eigenvalue weighted by Crippen LogP contribution is -2.52. The van der Waals surface area contributed by atoms with E-state index in [2.05, 4.69) is 82.8 Å². The van der Waals surface area contributed by atoms with Gasteiger partial charge in [0, 0.05) is 31.5 Å². The van der Waals surface area contributed by atoms with Gasteiger partial charge in [-0.15, -0.1) is 0 Å². The van der Waals surface area contributed by atoms with E-state index < -0.39 is 17.2 Å². The number of benzene rings is 3. The molecule has 0 bridgehead atoms. The van der Waals surface area contributed by atoms with Gasteiger partial charge in [-0.25, -0.2) is 4.79 Å². The molecular weight excluding hydrogens is 542 g/mol. The molecule has 42 heavy (non-hydrogen) atoms. The van der Waals surface area contributed by atoms with Crippen molar-refractivity contribution < 1.29 is 14.3 Å². The lowest BCUT2D eigenvalue weighted by molar-refractivity contribution is -0.109. The monoisotopic (exact) mass is 579 g/mol. The number of hydrogen-bond donors (Lipinski definition) is 0. The quantitative estimate of drug-likeness (QED) is 0.222. The molecular formula is C35H37N3O3S. The molecule has 1 unspecified atom stereocenters. The summed E-state index contributed by atoms with van der Waals surface area (Å²) in [5.74, 6) is 0. The van der Waals surface area contributed by atoms with Crippen molar-refractivity contribution in [2.45, 2.75) is 50.5 Å². The van der Waals surface area contributed by atoms with Crippen molar-refractivity contribution in [1.29, 1.82) is 0 Å². The third kappa shape index (κ3) is 6.42. The molecule has 3 aromatic carbocycles. The third-order valence-corrected chi connectivity index (χ3v) is 8.48. The summed E-state index contributed by atoms with van der Waals surface area (Å²) in [4.78, 5) is 27.5. The molecule has 4 aromatic rings. The first kappa shape index (κ1) is 29.5. The minimum Gasteiger partial charge on any atom is -0.442 e. The predicted octanol–water partition coefficient (Wildman–Crippen LogP) is 7.40. The Balaban J connectivity index is 1.61. The smallest absolute Gasteiger partial charge is 0.435 e. The molecule has 1 aliphatic rings. The first-order chi connectivity index (χ1) is 20.2. The van der Waals surface area contributed by atoms with Crippen LogP contribution in [0, 0.1) is 0 Å². The molecule has 1 aliphatic heterocycles. The fraction of sp³-hybridized carbons (Fsp3) is 0.286. The number of nitrogens with zero attached hydrogens (tertiary/aromatic N) is 3. The zero-order chi connectivity index (χ0) is 29.7. The Morgan fingerprint density at radius 2 is 1.38 bits per heavy atom. The molecule has 0 aliphatic carbocycles. The Kier molecular flexibility index (Phi) is 8.80. The van der Waals surface area contributed by atoms with Gasteiger partial charge in [-0.05, 0) is 61.6 Å². The second-order valence-corrected chi connectivity index (χ2v) is 12.9. The van der Waals surface area contributed by atoms with E-state index in [0.717, 1.165) is 18.5 Å². The lowest BCUT2D eigenvalue weighted by atomic mass is 9.74. The maximum Gasteiger partial charge on any atom is 0.435 e. The van der Waals surface area contributed by atoms with Crippen molar-refractivity contribution in [3.63, 3.8) is 0 Å². The fourth-order valence-corrected chi connectivity index (χ4v) is 6.64. The van der Waals surface area contributed by atoms with Crippen LogP contribution in [-0.2, 0) is 15.1 Å². The number of likely N-dealkylation sites (tertiary alicyclic amines) is 1. The van der Waals surface area contributed by atoms with E-state index in [1.165, 1.54) is 33.1 Å². The molecule has 0 amide bonds. The zero-order valence-corrected chi connectivity index (χ0v) is 25.4. The van der Waals surface area contributed by atoms with Crippen molar-refractivity contribution in [3.05, 3.63) is 131 Å². The number of thioether (sulfide) groups is 1. The highest BCUT2D eigenvalue weighted by Gasteiger charge is 2.44. The van der Waals surface area contributed by atoms with Crippen LogP contribution >= 0.6 is 11.8 Å². The standard InChI is InChI=1S/C35H37N3O3S/c1-26(39)42-32-21-22-37(25-27(32)24-31-20-23-38(36-31)33(40)41-34(2,3)4)35(28-14-8-5-9-15-28,29-16-10-6-11-17-29)30-18-12-7-13-19-30/h5-20,23-24,32H,21-22,25H2,1-4H3. The number of rotatable bonds is 6. The summed E-state index contributed by atoms with van der Waals surface area (Å²) in [5, 5.41) is 4.60. The minimum absolute atomic E-state index is 0.00504. The van der Waals surface area contributed by atoms with Crippen molar-refractivity contribution >= 4 is 29.0 Å². The number of piperidine rings is 1. The molecule has 6 nitrogen and oxygen atoms in total. The Morgan fingerprint density at radius 1 is 0.857 bits per heavy atom. The van der Waals surface area contributed by atoms with Crippen LogP contribution < -0.4 is 0 Å². The minimum atomic E-state index is -0.621. The number of carbonyl (C=O) groups excluding carboxylic acids is 2. The van der Waals surface area contributed by atoms with Gasteiger partial charge in [-0.3, -0.25) is 9.69 Å². The number of ether oxygens (including phenoxy) is 1. The largest absolute Gasteiger partial charge is 0.442 e. The molecule has 0 spiro atoms.